The SMILES string of the molecule is Nc1ccn([C@@H]2O[C@H](CO)C(F)[C@@H]2O)c(=O)n1.Nc1ccn([C@@H]2O[C@H](OOP(O)CO)C(F)[C@@H]2O)c(=O)n1. The molecular formula is C18H25F2N6O11P. The monoisotopic (exact) mass is 570 g/mol. The average molecular weight is 570 g/mol. The summed E-state index contributed by atoms with van der Waals surface area (Å²) in [4.78, 5) is 43.4. The fraction of sp³-hybridized carbons (Fsp3) is 0.556. The van der Waals surface area contributed by atoms with Gasteiger partial charge in [0.2, 0.25) is 14.7 Å². The number of anilines is 2. The van der Waals surface area contributed by atoms with Crippen molar-refractivity contribution in [3.8, 4) is 0 Å². The molecule has 0 spiro atoms. The zero-order valence-corrected chi connectivity index (χ0v) is 20.1. The first-order chi connectivity index (χ1) is 18.0. The van der Waals surface area contributed by atoms with Crippen molar-refractivity contribution in [1.82, 2.24) is 19.1 Å². The third-order valence-electron chi connectivity index (χ3n) is 5.22. The summed E-state index contributed by atoms with van der Waals surface area (Å²) in [5.41, 5.74) is 9.03. The Balaban J connectivity index is 0.000000215. The highest BCUT2D eigenvalue weighted by atomic mass is 31.2. The molecule has 212 valence electrons. The van der Waals surface area contributed by atoms with E-state index >= 15 is 0 Å². The Labute approximate surface area is 212 Å². The van der Waals surface area contributed by atoms with Crippen LogP contribution in [0.15, 0.2) is 34.1 Å². The lowest BCUT2D eigenvalue weighted by Crippen LogP contribution is -2.34. The molecule has 2 aromatic heterocycles. The van der Waals surface area contributed by atoms with Gasteiger partial charge in [-0.1, -0.05) is 0 Å². The minimum absolute atomic E-state index is 0.0224. The number of ether oxygens (including phenoxy) is 2. The molecule has 4 heterocycles. The van der Waals surface area contributed by atoms with Crippen molar-refractivity contribution >= 4 is 20.0 Å². The molecule has 20 heteroatoms. The van der Waals surface area contributed by atoms with Crippen molar-refractivity contribution in [3.63, 3.8) is 0 Å². The van der Waals surface area contributed by atoms with Crippen molar-refractivity contribution in [2.24, 2.45) is 0 Å². The number of nitrogen functional groups attached to an aromatic ring is 2. The Morgan fingerprint density at radius 1 is 0.947 bits per heavy atom. The fourth-order valence-electron chi connectivity index (χ4n) is 3.36. The third kappa shape index (κ3) is 6.64. The molecule has 0 aromatic carbocycles. The van der Waals surface area contributed by atoms with Gasteiger partial charge in [-0.3, -0.25) is 9.13 Å². The molecule has 3 unspecified atom stereocenters. The van der Waals surface area contributed by atoms with Crippen LogP contribution in [0.25, 0.3) is 0 Å². The maximum atomic E-state index is 13.8. The topological polar surface area (TPSA) is 260 Å². The van der Waals surface area contributed by atoms with Crippen LogP contribution in [-0.4, -0.2) is 94.3 Å². The van der Waals surface area contributed by atoms with Gasteiger partial charge < -0.3 is 46.3 Å². The molecule has 2 saturated heterocycles. The lowest BCUT2D eigenvalue weighted by Gasteiger charge is -2.16. The molecule has 9 atom stereocenters. The number of aliphatic hydroxyl groups excluding tert-OH is 4. The maximum Gasteiger partial charge on any atom is 0.351 e. The van der Waals surface area contributed by atoms with E-state index in [0.29, 0.717) is 0 Å². The standard InChI is InChI=1S/C9H13FN3O7P.C9H12FN3O4/c10-5-6(15)7(13-2-1-4(11)12-9(13)16)18-8(5)19-20-21(17)3-14;10-6-4(3-14)17-8(7(6)15)13-2-1-5(11)12-9(13)16/h1-2,5-8,14-15,17H,3H2,(H2,11,12,16);1-2,4,6-8,14-15H,3H2,(H2,11,12,16)/t5?,6-,7+,8+,21?;4-,6?,7+,8-/m01/s1. The van der Waals surface area contributed by atoms with E-state index in [2.05, 4.69) is 19.5 Å². The van der Waals surface area contributed by atoms with E-state index in [1.54, 1.807) is 0 Å². The van der Waals surface area contributed by atoms with Crippen LogP contribution < -0.4 is 22.8 Å². The van der Waals surface area contributed by atoms with E-state index in [9.17, 15) is 28.6 Å². The van der Waals surface area contributed by atoms with Crippen LogP contribution in [-0.2, 0) is 19.0 Å². The second-order valence-corrected chi connectivity index (χ2v) is 8.90. The molecule has 4 rings (SSSR count). The van der Waals surface area contributed by atoms with Crippen molar-refractivity contribution in [2.45, 2.75) is 49.4 Å². The average Bonchev–Trinajstić information content (AvgIpc) is 3.32. The number of hydrogen-bond donors (Lipinski definition) is 7. The van der Waals surface area contributed by atoms with Gasteiger partial charge in [0, 0.05) is 12.4 Å². The summed E-state index contributed by atoms with van der Waals surface area (Å²) in [5, 5.41) is 36.7. The molecule has 0 aliphatic carbocycles. The van der Waals surface area contributed by atoms with Gasteiger partial charge in [0.25, 0.3) is 0 Å². The molecule has 2 aromatic rings. The van der Waals surface area contributed by atoms with Crippen LogP contribution in [0.2, 0.25) is 0 Å². The number of alkyl halides is 2. The third-order valence-corrected chi connectivity index (χ3v) is 5.72. The van der Waals surface area contributed by atoms with Crippen molar-refractivity contribution in [2.75, 3.05) is 24.4 Å². The minimum Gasteiger partial charge on any atom is -0.394 e. The smallest absolute Gasteiger partial charge is 0.351 e. The molecule has 2 fully saturated rings. The van der Waals surface area contributed by atoms with Gasteiger partial charge in [-0.25, -0.2) is 18.4 Å². The highest BCUT2D eigenvalue weighted by molar-refractivity contribution is 7.45. The second-order valence-electron chi connectivity index (χ2n) is 7.76. The minimum atomic E-state index is -2.30. The first-order valence-electron chi connectivity index (χ1n) is 10.6. The molecule has 2 aliphatic rings. The van der Waals surface area contributed by atoms with Gasteiger partial charge >= 0.3 is 11.4 Å². The lowest BCUT2D eigenvalue weighted by atomic mass is 10.1. The molecule has 0 radical (unpaired) electrons. The Morgan fingerprint density at radius 2 is 1.45 bits per heavy atom. The first kappa shape index (κ1) is 29.8. The fourth-order valence-corrected chi connectivity index (χ4v) is 3.59. The molecule has 0 amide bonds. The molecule has 38 heavy (non-hydrogen) atoms. The number of nitrogens with zero attached hydrogens (tertiary/aromatic N) is 4. The first-order valence-corrected chi connectivity index (χ1v) is 12.0. The molecule has 2 aliphatic heterocycles. The summed E-state index contributed by atoms with van der Waals surface area (Å²) < 4.78 is 43.4. The van der Waals surface area contributed by atoms with Crippen LogP contribution in [0.5, 0.6) is 0 Å². The van der Waals surface area contributed by atoms with Crippen molar-refractivity contribution < 1.29 is 53.1 Å². The Kier molecular flexibility index (Phi) is 10.1. The van der Waals surface area contributed by atoms with Crippen molar-refractivity contribution in [3.05, 3.63) is 45.5 Å². The predicted molar refractivity (Wildman–Crippen MR) is 121 cm³/mol. The van der Waals surface area contributed by atoms with Gasteiger partial charge in [0.1, 0.15) is 36.3 Å². The van der Waals surface area contributed by atoms with E-state index < -0.39 is 82.1 Å². The van der Waals surface area contributed by atoms with Gasteiger partial charge in [-0.05, 0) is 12.1 Å². The summed E-state index contributed by atoms with van der Waals surface area (Å²) in [6.07, 6.45) is -10.8. The number of aliphatic hydroxyl groups is 4. The Morgan fingerprint density at radius 3 is 1.89 bits per heavy atom. The zero-order valence-electron chi connectivity index (χ0n) is 19.2. The molecule has 0 saturated carbocycles. The quantitative estimate of drug-likeness (QED) is 0.0994. The highest BCUT2D eigenvalue weighted by Crippen LogP contribution is 2.36. The molecule has 0 bridgehead atoms. The van der Waals surface area contributed by atoms with E-state index in [4.69, 9.17) is 36.0 Å². The van der Waals surface area contributed by atoms with E-state index in [1.165, 1.54) is 24.5 Å². The Hall–Kier alpha value is -2.71. The van der Waals surface area contributed by atoms with Gasteiger partial charge in [-0.2, -0.15) is 19.5 Å². The summed E-state index contributed by atoms with van der Waals surface area (Å²) in [6.45, 7) is -0.578. The predicted octanol–water partition coefficient (Wildman–Crippen LogP) is -3.00. The van der Waals surface area contributed by atoms with Gasteiger partial charge in [0.05, 0.1) is 6.61 Å². The summed E-state index contributed by atoms with van der Waals surface area (Å²) in [5.74, 6) is -0.0141. The largest absolute Gasteiger partial charge is 0.394 e. The van der Waals surface area contributed by atoms with E-state index in [1.807, 2.05) is 0 Å². The number of nitrogens with two attached hydrogens (primary N) is 2. The Bertz CT molecular complexity index is 1190. The summed E-state index contributed by atoms with van der Waals surface area (Å²) >= 11 is 0. The lowest BCUT2D eigenvalue weighted by molar-refractivity contribution is -0.328. The summed E-state index contributed by atoms with van der Waals surface area (Å²) in [6, 6.07) is 2.60. The van der Waals surface area contributed by atoms with Crippen LogP contribution in [0, 0.1) is 0 Å². The number of halogens is 2. The van der Waals surface area contributed by atoms with E-state index in [-0.39, 0.29) is 11.6 Å². The van der Waals surface area contributed by atoms with Gasteiger partial charge in [-0.15, -0.1) is 0 Å². The zero-order chi connectivity index (χ0) is 28.1. The summed E-state index contributed by atoms with van der Waals surface area (Å²) in [7, 11) is -2.30. The molecular weight excluding hydrogens is 545 g/mol. The van der Waals surface area contributed by atoms with Crippen molar-refractivity contribution in [1.29, 1.82) is 0 Å². The van der Waals surface area contributed by atoms with Gasteiger partial charge in [0.15, 0.2) is 24.8 Å². The second kappa shape index (κ2) is 12.9. The number of aromatic nitrogens is 4. The maximum absolute atomic E-state index is 13.8. The van der Waals surface area contributed by atoms with Crippen LogP contribution in [0.3, 0.4) is 0 Å². The van der Waals surface area contributed by atoms with Crippen LogP contribution in [0.1, 0.15) is 12.5 Å². The van der Waals surface area contributed by atoms with Crippen LogP contribution >= 0.6 is 8.38 Å². The molecule has 9 N–H and O–H groups in total. The van der Waals surface area contributed by atoms with E-state index in [0.717, 1.165) is 9.13 Å². The molecule has 17 nitrogen and oxygen atoms in total. The normalized spacial score (nSPS) is 31.6. The number of hydrogen-bond acceptors (Lipinski definition) is 15. The number of rotatable bonds is 7. The highest BCUT2D eigenvalue weighted by Gasteiger charge is 2.48. The van der Waals surface area contributed by atoms with Crippen LogP contribution in [0.4, 0.5) is 20.4 Å².